The van der Waals surface area contributed by atoms with E-state index in [2.05, 4.69) is 0 Å². The SMILES string of the molecule is CCOC(=O)C=Cc1ccc(/C=C/C=O)cc1. The van der Waals surface area contributed by atoms with Gasteiger partial charge in [0, 0.05) is 6.08 Å². The number of aldehydes is 1. The summed E-state index contributed by atoms with van der Waals surface area (Å²) in [4.78, 5) is 21.2. The first-order valence-corrected chi connectivity index (χ1v) is 5.33. The molecule has 0 N–H and O–H groups in total. The van der Waals surface area contributed by atoms with E-state index in [1.165, 1.54) is 12.2 Å². The first-order valence-electron chi connectivity index (χ1n) is 5.33. The predicted octanol–water partition coefficient (Wildman–Crippen LogP) is 2.48. The zero-order chi connectivity index (χ0) is 12.5. The number of rotatable bonds is 5. The van der Waals surface area contributed by atoms with Gasteiger partial charge in [-0.25, -0.2) is 4.79 Å². The molecule has 0 amide bonds. The number of benzene rings is 1. The number of ether oxygens (including phenoxy) is 1. The molecule has 0 atom stereocenters. The first-order chi connectivity index (χ1) is 8.26. The summed E-state index contributed by atoms with van der Waals surface area (Å²) in [5.74, 6) is -0.350. The van der Waals surface area contributed by atoms with E-state index < -0.39 is 0 Å². The van der Waals surface area contributed by atoms with Crippen molar-refractivity contribution in [1.29, 1.82) is 0 Å². The minimum Gasteiger partial charge on any atom is -0.463 e. The Balaban J connectivity index is 2.65. The number of esters is 1. The van der Waals surface area contributed by atoms with Crippen LogP contribution < -0.4 is 0 Å². The third-order valence-corrected chi connectivity index (χ3v) is 2.00. The van der Waals surface area contributed by atoms with E-state index in [0.29, 0.717) is 6.61 Å². The van der Waals surface area contributed by atoms with Crippen molar-refractivity contribution < 1.29 is 14.3 Å². The van der Waals surface area contributed by atoms with Gasteiger partial charge in [0.1, 0.15) is 6.29 Å². The van der Waals surface area contributed by atoms with Gasteiger partial charge < -0.3 is 4.74 Å². The van der Waals surface area contributed by atoms with Crippen LogP contribution in [-0.4, -0.2) is 18.9 Å². The van der Waals surface area contributed by atoms with Crippen LogP contribution in [0.2, 0.25) is 0 Å². The zero-order valence-corrected chi connectivity index (χ0v) is 9.63. The lowest BCUT2D eigenvalue weighted by atomic mass is 10.1. The summed E-state index contributed by atoms with van der Waals surface area (Å²) in [5.41, 5.74) is 1.84. The van der Waals surface area contributed by atoms with Crippen molar-refractivity contribution in [3.63, 3.8) is 0 Å². The van der Waals surface area contributed by atoms with Crippen LogP contribution >= 0.6 is 0 Å². The summed E-state index contributed by atoms with van der Waals surface area (Å²) in [5, 5.41) is 0. The van der Waals surface area contributed by atoms with Gasteiger partial charge in [0.2, 0.25) is 0 Å². The molecule has 0 saturated carbocycles. The lowest BCUT2D eigenvalue weighted by Crippen LogP contribution is -1.98. The maximum Gasteiger partial charge on any atom is 0.330 e. The lowest BCUT2D eigenvalue weighted by Gasteiger charge is -1.96. The van der Waals surface area contributed by atoms with Gasteiger partial charge in [-0.1, -0.05) is 30.3 Å². The Kier molecular flexibility index (Phi) is 5.44. The van der Waals surface area contributed by atoms with Crippen LogP contribution in [-0.2, 0) is 14.3 Å². The Labute approximate surface area is 100 Å². The minimum atomic E-state index is -0.350. The summed E-state index contributed by atoms with van der Waals surface area (Å²) in [6.45, 7) is 2.14. The van der Waals surface area contributed by atoms with Crippen molar-refractivity contribution in [3.05, 3.63) is 47.5 Å². The van der Waals surface area contributed by atoms with Gasteiger partial charge in [-0.15, -0.1) is 0 Å². The number of hydrogen-bond acceptors (Lipinski definition) is 3. The van der Waals surface area contributed by atoms with Gasteiger partial charge in [0.05, 0.1) is 6.61 Å². The molecule has 0 aliphatic rings. The van der Waals surface area contributed by atoms with Gasteiger partial charge in [-0.2, -0.15) is 0 Å². The molecule has 88 valence electrons. The third-order valence-electron chi connectivity index (χ3n) is 2.00. The third kappa shape index (κ3) is 4.93. The molecule has 1 rings (SSSR count). The molecule has 0 aliphatic heterocycles. The molecule has 0 aliphatic carbocycles. The highest BCUT2D eigenvalue weighted by molar-refractivity contribution is 5.87. The molecule has 0 unspecified atom stereocenters. The predicted molar refractivity (Wildman–Crippen MR) is 67.2 cm³/mol. The normalized spacial score (nSPS) is 10.9. The number of carbonyl (C=O) groups is 2. The average Bonchev–Trinajstić information content (AvgIpc) is 2.35. The van der Waals surface area contributed by atoms with Crippen molar-refractivity contribution in [2.24, 2.45) is 0 Å². The molecule has 0 spiro atoms. The largest absolute Gasteiger partial charge is 0.463 e. The Bertz CT molecular complexity index is 427. The molecule has 3 nitrogen and oxygen atoms in total. The molecule has 0 fully saturated rings. The summed E-state index contributed by atoms with van der Waals surface area (Å²) in [6, 6.07) is 7.45. The second-order valence-electron chi connectivity index (χ2n) is 3.25. The highest BCUT2D eigenvalue weighted by Crippen LogP contribution is 2.07. The fraction of sp³-hybridized carbons (Fsp3) is 0.143. The van der Waals surface area contributed by atoms with Gasteiger partial charge in [-0.3, -0.25) is 4.79 Å². The van der Waals surface area contributed by atoms with Crippen molar-refractivity contribution in [2.75, 3.05) is 6.61 Å². The highest BCUT2D eigenvalue weighted by atomic mass is 16.5. The molecule has 17 heavy (non-hydrogen) atoms. The molecule has 1 aromatic rings. The van der Waals surface area contributed by atoms with Crippen LogP contribution in [0.1, 0.15) is 18.1 Å². The molecular formula is C14H14O3. The monoisotopic (exact) mass is 230 g/mol. The van der Waals surface area contributed by atoms with Crippen LogP contribution in [0.25, 0.3) is 12.2 Å². The van der Waals surface area contributed by atoms with Crippen LogP contribution in [0, 0.1) is 0 Å². The molecule has 0 radical (unpaired) electrons. The maximum atomic E-state index is 11.1. The minimum absolute atomic E-state index is 0.350. The topological polar surface area (TPSA) is 43.4 Å². The summed E-state index contributed by atoms with van der Waals surface area (Å²) < 4.78 is 4.76. The van der Waals surface area contributed by atoms with E-state index in [4.69, 9.17) is 4.74 Å². The Morgan fingerprint density at radius 2 is 1.76 bits per heavy atom. The van der Waals surface area contributed by atoms with Gasteiger partial charge in [0.25, 0.3) is 0 Å². The Hall–Kier alpha value is -2.16. The maximum absolute atomic E-state index is 11.1. The highest BCUT2D eigenvalue weighted by Gasteiger charge is 1.93. The van der Waals surface area contributed by atoms with Crippen LogP contribution in [0.3, 0.4) is 0 Å². The number of hydrogen-bond donors (Lipinski definition) is 0. The average molecular weight is 230 g/mol. The summed E-state index contributed by atoms with van der Waals surface area (Å²) in [7, 11) is 0. The van der Waals surface area contributed by atoms with Gasteiger partial charge >= 0.3 is 5.97 Å². The molecular weight excluding hydrogens is 216 g/mol. The second-order valence-corrected chi connectivity index (χ2v) is 3.25. The molecule has 0 aromatic heterocycles. The first kappa shape index (κ1) is 12.9. The Morgan fingerprint density at radius 1 is 1.18 bits per heavy atom. The molecule has 3 heteroatoms. The van der Waals surface area contributed by atoms with E-state index >= 15 is 0 Å². The van der Waals surface area contributed by atoms with Crippen molar-refractivity contribution in [2.45, 2.75) is 6.92 Å². The molecule has 0 bridgehead atoms. The van der Waals surface area contributed by atoms with Crippen molar-refractivity contribution in [1.82, 2.24) is 0 Å². The van der Waals surface area contributed by atoms with Gasteiger partial charge in [-0.05, 0) is 30.2 Å². The molecule has 0 saturated heterocycles. The summed E-state index contributed by atoms with van der Waals surface area (Å²) >= 11 is 0. The second kappa shape index (κ2) is 7.17. The number of allylic oxidation sites excluding steroid dienone is 1. The van der Waals surface area contributed by atoms with Crippen LogP contribution in [0.5, 0.6) is 0 Å². The Morgan fingerprint density at radius 3 is 2.29 bits per heavy atom. The van der Waals surface area contributed by atoms with Crippen molar-refractivity contribution >= 4 is 24.4 Å². The quantitative estimate of drug-likeness (QED) is 0.443. The molecule has 0 heterocycles. The fourth-order valence-electron chi connectivity index (χ4n) is 1.22. The van der Waals surface area contributed by atoms with E-state index in [9.17, 15) is 9.59 Å². The van der Waals surface area contributed by atoms with E-state index in [0.717, 1.165) is 17.4 Å². The lowest BCUT2D eigenvalue weighted by molar-refractivity contribution is -0.137. The molecule has 1 aromatic carbocycles. The number of carbonyl (C=O) groups excluding carboxylic acids is 2. The van der Waals surface area contributed by atoms with E-state index in [-0.39, 0.29) is 5.97 Å². The smallest absolute Gasteiger partial charge is 0.330 e. The zero-order valence-electron chi connectivity index (χ0n) is 9.63. The van der Waals surface area contributed by atoms with Crippen LogP contribution in [0.4, 0.5) is 0 Å². The standard InChI is InChI=1S/C14H14O3/c1-2-17-14(16)10-9-13-7-5-12(6-8-13)4-3-11-15/h3-11H,2H2,1H3/b4-3+,10-9?. The summed E-state index contributed by atoms with van der Waals surface area (Å²) in [6.07, 6.45) is 6.95. The van der Waals surface area contributed by atoms with Gasteiger partial charge in [0.15, 0.2) is 0 Å². The fourth-order valence-corrected chi connectivity index (χ4v) is 1.22. The van der Waals surface area contributed by atoms with Crippen LogP contribution in [0.15, 0.2) is 36.4 Å². The van der Waals surface area contributed by atoms with E-state index in [1.807, 2.05) is 24.3 Å². The van der Waals surface area contributed by atoms with E-state index in [1.54, 1.807) is 19.1 Å². The van der Waals surface area contributed by atoms with Crippen molar-refractivity contribution in [3.8, 4) is 0 Å².